The van der Waals surface area contributed by atoms with Crippen LogP contribution in [-0.2, 0) is 15.6 Å². The number of hydrogen-bond donors (Lipinski definition) is 1. The van der Waals surface area contributed by atoms with Gasteiger partial charge in [-0.25, -0.2) is 27.8 Å². The number of nitrogens with one attached hydrogen (secondary N) is 1. The Labute approximate surface area is 189 Å². The third-order valence-electron chi connectivity index (χ3n) is 4.39. The largest absolute Gasteiger partial charge is 0.434 e. The lowest BCUT2D eigenvalue weighted by Gasteiger charge is -2.14. The van der Waals surface area contributed by atoms with Crippen LogP contribution in [0.1, 0.15) is 16.1 Å². The molecule has 0 spiro atoms. The topological polar surface area (TPSA) is 89.5 Å². The minimum absolute atomic E-state index is 0.182. The number of amides is 1. The molecule has 0 bridgehead atoms. The van der Waals surface area contributed by atoms with Gasteiger partial charge >= 0.3 is 6.18 Å². The van der Waals surface area contributed by atoms with E-state index in [-0.39, 0.29) is 23.0 Å². The molecule has 0 aliphatic heterocycles. The van der Waals surface area contributed by atoms with Crippen molar-refractivity contribution in [1.29, 1.82) is 0 Å². The fourth-order valence-corrected chi connectivity index (χ4v) is 3.70. The van der Waals surface area contributed by atoms with Gasteiger partial charge in [-0.15, -0.1) is 9.41 Å². The van der Waals surface area contributed by atoms with Gasteiger partial charge in [0.2, 0.25) is 0 Å². The molecule has 8 nitrogen and oxygen atoms in total. The van der Waals surface area contributed by atoms with E-state index >= 15 is 0 Å². The molecule has 4 aromatic rings. The van der Waals surface area contributed by atoms with Gasteiger partial charge in [-0.05, 0) is 24.6 Å². The highest BCUT2D eigenvalue weighted by molar-refractivity contribution is 8.01. The Bertz CT molecular complexity index is 1540. The van der Waals surface area contributed by atoms with Crippen molar-refractivity contribution in [3.8, 4) is 5.82 Å². The Kier molecular flexibility index (Phi) is 5.63. The number of nitrogens with zero attached hydrogens (tertiary/aromatic N) is 6. The van der Waals surface area contributed by atoms with Crippen molar-refractivity contribution >= 4 is 38.3 Å². The van der Waals surface area contributed by atoms with Gasteiger partial charge in [-0.3, -0.25) is 9.20 Å². The van der Waals surface area contributed by atoms with Crippen LogP contribution in [0.5, 0.6) is 0 Å². The van der Waals surface area contributed by atoms with Crippen LogP contribution in [0.25, 0.3) is 11.5 Å². The number of halogens is 5. The van der Waals surface area contributed by atoms with Gasteiger partial charge in [-0.2, -0.15) is 18.3 Å². The Balaban J connectivity index is 1.74. The van der Waals surface area contributed by atoms with Gasteiger partial charge in [0, 0.05) is 18.5 Å². The SMILES string of the molecule is C=S(C)(C)=Nc1ncc(NC(=O)c2cnn(-c3ccc(F)c4nccn34)c2C(F)(F)F)cc1F. The zero-order valence-corrected chi connectivity index (χ0v) is 18.5. The van der Waals surface area contributed by atoms with Crippen molar-refractivity contribution in [3.05, 3.63) is 65.9 Å². The lowest BCUT2D eigenvalue weighted by atomic mass is 10.2. The first kappa shape index (κ1) is 23.4. The third-order valence-corrected chi connectivity index (χ3v) is 5.06. The zero-order valence-electron chi connectivity index (χ0n) is 17.6. The number of carbonyl (C=O) groups is 1. The van der Waals surface area contributed by atoms with Gasteiger partial charge in [0.15, 0.2) is 28.8 Å². The predicted octanol–water partition coefficient (Wildman–Crippen LogP) is 4.13. The van der Waals surface area contributed by atoms with Gasteiger partial charge in [0.05, 0.1) is 23.6 Å². The standard InChI is InChI=1S/C20H16F5N7OS/c1-34(2,3)30-17-14(22)8-11(9-27-17)29-19(33)12-10-28-32(16(12)20(23,24)25)15-5-4-13(21)18-26-6-7-31(15)18/h4-10H,1H2,2-3H3,(H,29,33). The highest BCUT2D eigenvalue weighted by atomic mass is 32.2. The number of alkyl halides is 3. The van der Waals surface area contributed by atoms with E-state index in [0.29, 0.717) is 10.9 Å². The maximum Gasteiger partial charge on any atom is 0.434 e. The van der Waals surface area contributed by atoms with Gasteiger partial charge in [0.1, 0.15) is 5.82 Å². The van der Waals surface area contributed by atoms with Gasteiger partial charge in [-0.1, -0.05) is 5.87 Å². The molecule has 0 atom stereocenters. The van der Waals surface area contributed by atoms with Crippen LogP contribution in [0.2, 0.25) is 0 Å². The van der Waals surface area contributed by atoms with E-state index in [1.807, 2.05) is 0 Å². The molecule has 4 rings (SSSR count). The van der Waals surface area contributed by atoms with E-state index in [1.54, 1.807) is 12.5 Å². The molecule has 0 saturated heterocycles. The van der Waals surface area contributed by atoms with E-state index in [2.05, 4.69) is 30.6 Å². The quantitative estimate of drug-likeness (QED) is 0.339. The second kappa shape index (κ2) is 8.20. The minimum Gasteiger partial charge on any atom is -0.320 e. The molecule has 1 N–H and O–H groups in total. The summed E-state index contributed by atoms with van der Waals surface area (Å²) in [7, 11) is -1.72. The minimum atomic E-state index is -5.01. The Morgan fingerprint density at radius 2 is 1.88 bits per heavy atom. The van der Waals surface area contributed by atoms with Gasteiger partial charge < -0.3 is 5.32 Å². The molecular formula is C20H16F5N7OS. The number of hydrogen-bond acceptors (Lipinski definition) is 5. The second-order valence-corrected chi connectivity index (χ2v) is 10.7. The van der Waals surface area contributed by atoms with E-state index in [9.17, 15) is 26.7 Å². The third kappa shape index (κ3) is 4.48. The smallest absolute Gasteiger partial charge is 0.320 e. The van der Waals surface area contributed by atoms with Crippen molar-refractivity contribution in [2.45, 2.75) is 6.18 Å². The zero-order chi connectivity index (χ0) is 24.8. The summed E-state index contributed by atoms with van der Waals surface area (Å²) in [6.45, 7) is 0. The molecule has 14 heteroatoms. The van der Waals surface area contributed by atoms with Crippen molar-refractivity contribution in [3.63, 3.8) is 0 Å². The molecule has 0 aliphatic carbocycles. The number of anilines is 1. The Morgan fingerprint density at radius 1 is 1.15 bits per heavy atom. The second-order valence-electron chi connectivity index (χ2n) is 7.53. The summed E-state index contributed by atoms with van der Waals surface area (Å²) < 4.78 is 75.8. The highest BCUT2D eigenvalue weighted by Crippen LogP contribution is 2.34. The van der Waals surface area contributed by atoms with E-state index in [1.165, 1.54) is 12.4 Å². The maximum absolute atomic E-state index is 14.3. The van der Waals surface area contributed by atoms with Crippen molar-refractivity contribution in [1.82, 2.24) is 24.1 Å². The molecule has 4 heterocycles. The molecular weight excluding hydrogens is 481 g/mol. The number of imidazole rings is 1. The predicted molar refractivity (Wildman–Crippen MR) is 118 cm³/mol. The summed E-state index contributed by atoms with van der Waals surface area (Å²) in [6, 6.07) is 2.90. The fraction of sp³-hybridized carbons (Fsp3) is 0.150. The average molecular weight is 497 g/mol. The van der Waals surface area contributed by atoms with E-state index < -0.39 is 44.4 Å². The molecule has 34 heavy (non-hydrogen) atoms. The molecule has 0 aromatic carbocycles. The number of pyridine rings is 2. The lowest BCUT2D eigenvalue weighted by molar-refractivity contribution is -0.143. The molecule has 0 unspecified atom stereocenters. The highest BCUT2D eigenvalue weighted by Gasteiger charge is 2.41. The molecule has 0 radical (unpaired) electrons. The van der Waals surface area contributed by atoms with Crippen LogP contribution in [-0.4, -0.2) is 48.4 Å². The summed E-state index contributed by atoms with van der Waals surface area (Å²) in [4.78, 5) is 20.3. The summed E-state index contributed by atoms with van der Waals surface area (Å²) in [5.74, 6) is 0.555. The van der Waals surface area contributed by atoms with Crippen LogP contribution in [0.15, 0.2) is 47.3 Å². The molecule has 178 valence electrons. The maximum atomic E-state index is 14.3. The van der Waals surface area contributed by atoms with Crippen LogP contribution in [0.4, 0.5) is 33.5 Å². The summed E-state index contributed by atoms with van der Waals surface area (Å²) >= 11 is 0. The molecule has 1 amide bonds. The van der Waals surface area contributed by atoms with Gasteiger partial charge in [0.25, 0.3) is 5.91 Å². The summed E-state index contributed by atoms with van der Waals surface area (Å²) in [5, 5.41) is 5.89. The number of fused-ring (bicyclic) bond motifs is 1. The number of rotatable bonds is 4. The van der Waals surface area contributed by atoms with E-state index in [0.717, 1.165) is 28.8 Å². The molecule has 0 aliphatic rings. The number of carbonyl (C=O) groups excluding carboxylic acids is 1. The van der Waals surface area contributed by atoms with Crippen molar-refractivity contribution in [2.24, 2.45) is 4.36 Å². The van der Waals surface area contributed by atoms with E-state index in [4.69, 9.17) is 0 Å². The van der Waals surface area contributed by atoms with Crippen molar-refractivity contribution < 1.29 is 26.7 Å². The lowest BCUT2D eigenvalue weighted by Crippen LogP contribution is -2.21. The monoisotopic (exact) mass is 497 g/mol. The first-order chi connectivity index (χ1) is 15.8. The first-order valence-corrected chi connectivity index (χ1v) is 12.0. The van der Waals surface area contributed by atoms with Crippen LogP contribution >= 0.6 is 0 Å². The fourth-order valence-electron chi connectivity index (χ4n) is 3.10. The molecule has 0 fully saturated rings. The first-order valence-electron chi connectivity index (χ1n) is 9.38. The normalized spacial score (nSPS) is 12.2. The Hall–Kier alpha value is -3.81. The van der Waals surface area contributed by atoms with Crippen LogP contribution < -0.4 is 5.32 Å². The molecule has 4 aromatic heterocycles. The van der Waals surface area contributed by atoms with Crippen molar-refractivity contribution in [2.75, 3.05) is 17.8 Å². The van der Waals surface area contributed by atoms with Crippen LogP contribution in [0.3, 0.4) is 0 Å². The summed E-state index contributed by atoms with van der Waals surface area (Å²) in [6.07, 6.45) is 2.65. The summed E-state index contributed by atoms with van der Waals surface area (Å²) in [5.41, 5.74) is -2.64. The average Bonchev–Trinajstić information content (AvgIpc) is 3.37. The Morgan fingerprint density at radius 3 is 2.53 bits per heavy atom. The number of aromatic nitrogens is 5. The van der Waals surface area contributed by atoms with Crippen LogP contribution in [0, 0.1) is 11.6 Å². The molecule has 0 saturated carbocycles.